The van der Waals surface area contributed by atoms with Crippen molar-refractivity contribution in [2.24, 2.45) is 0 Å². The first kappa shape index (κ1) is 20.5. The number of ether oxygens (including phenoxy) is 1. The maximum absolute atomic E-state index is 12.0. The maximum atomic E-state index is 12.0. The number of rotatable bonds is 6. The summed E-state index contributed by atoms with van der Waals surface area (Å²) in [6, 6.07) is 15.3. The molecular weight excluding hydrogens is 398 g/mol. The number of H-pyrrole nitrogens is 1. The molecule has 0 spiro atoms. The molecule has 0 unspecified atom stereocenters. The predicted octanol–water partition coefficient (Wildman–Crippen LogP) is 2.60. The fraction of sp³-hybridized carbons (Fsp3) is 0.318. The number of hydrogen-bond acceptors (Lipinski definition) is 5. The lowest BCUT2D eigenvalue weighted by atomic mass is 10.0. The van der Waals surface area contributed by atoms with E-state index in [1.807, 2.05) is 42.5 Å². The molecule has 0 saturated carbocycles. The fourth-order valence-corrected chi connectivity index (χ4v) is 3.80. The van der Waals surface area contributed by atoms with Crippen molar-refractivity contribution in [2.45, 2.75) is 6.42 Å². The van der Waals surface area contributed by atoms with Crippen LogP contribution in [0.1, 0.15) is 6.42 Å². The van der Waals surface area contributed by atoms with Gasteiger partial charge in [-0.3, -0.25) is 9.69 Å². The summed E-state index contributed by atoms with van der Waals surface area (Å²) in [5.41, 5.74) is 2.32. The summed E-state index contributed by atoms with van der Waals surface area (Å²) in [4.78, 5) is 14.4. The van der Waals surface area contributed by atoms with Crippen molar-refractivity contribution >= 4 is 33.8 Å². The monoisotopic (exact) mass is 423 g/mol. The summed E-state index contributed by atoms with van der Waals surface area (Å²) in [7, 11) is 0. The van der Waals surface area contributed by atoms with Crippen LogP contribution in [0.15, 0.2) is 53.3 Å². The van der Waals surface area contributed by atoms with Crippen LogP contribution in [0.5, 0.6) is 0 Å². The van der Waals surface area contributed by atoms with Gasteiger partial charge in [0.05, 0.1) is 24.3 Å². The van der Waals surface area contributed by atoms with Gasteiger partial charge in [-0.05, 0) is 43.4 Å². The zero-order valence-corrected chi connectivity index (χ0v) is 17.5. The van der Waals surface area contributed by atoms with E-state index in [-0.39, 0.29) is 5.56 Å². The van der Waals surface area contributed by atoms with Crippen LogP contribution in [0.3, 0.4) is 0 Å². The highest BCUT2D eigenvalue weighted by Crippen LogP contribution is 2.26. The molecule has 0 aliphatic carbocycles. The first-order valence-corrected chi connectivity index (χ1v) is 10.5. The number of fused-ring (bicyclic) bond motifs is 1. The third-order valence-corrected chi connectivity index (χ3v) is 5.38. The molecule has 0 amide bonds. The van der Waals surface area contributed by atoms with Gasteiger partial charge in [0.25, 0.3) is 5.56 Å². The van der Waals surface area contributed by atoms with E-state index in [0.717, 1.165) is 68.1 Å². The van der Waals surface area contributed by atoms with E-state index < -0.39 is 0 Å². The molecule has 1 fully saturated rings. The highest BCUT2D eigenvalue weighted by atomic mass is 32.1. The number of nitrogens with one attached hydrogen (secondary N) is 3. The lowest BCUT2D eigenvalue weighted by Crippen LogP contribution is -2.38. The molecule has 0 radical (unpaired) electrons. The molecule has 2 heterocycles. The van der Waals surface area contributed by atoms with Gasteiger partial charge in [0, 0.05) is 36.3 Å². The third-order valence-electron chi connectivity index (χ3n) is 5.13. The number of morpholine rings is 1. The Labute approximate surface area is 180 Å². The van der Waals surface area contributed by atoms with Gasteiger partial charge in [0.1, 0.15) is 0 Å². The Morgan fingerprint density at radius 3 is 2.77 bits per heavy atom. The molecule has 3 N–H and O–H groups in total. The van der Waals surface area contributed by atoms with Gasteiger partial charge >= 0.3 is 0 Å². The van der Waals surface area contributed by atoms with Crippen LogP contribution in [0.2, 0.25) is 0 Å². The number of hydrogen-bond donors (Lipinski definition) is 3. The Kier molecular flexibility index (Phi) is 6.68. The number of thiocarbonyl (C=S) groups is 1. The van der Waals surface area contributed by atoms with Crippen LogP contribution < -0.4 is 16.2 Å². The van der Waals surface area contributed by atoms with Crippen LogP contribution in [-0.2, 0) is 4.74 Å². The zero-order chi connectivity index (χ0) is 20.8. The second-order valence-corrected chi connectivity index (χ2v) is 7.62. The first-order valence-electron chi connectivity index (χ1n) is 10.1. The van der Waals surface area contributed by atoms with Crippen LogP contribution in [-0.4, -0.2) is 59.6 Å². The minimum Gasteiger partial charge on any atom is -0.379 e. The van der Waals surface area contributed by atoms with Crippen LogP contribution >= 0.6 is 12.2 Å². The quantitative estimate of drug-likeness (QED) is 0.415. The van der Waals surface area contributed by atoms with Crippen molar-refractivity contribution < 1.29 is 4.74 Å². The van der Waals surface area contributed by atoms with Crippen molar-refractivity contribution in [3.8, 4) is 11.3 Å². The van der Waals surface area contributed by atoms with Crippen molar-refractivity contribution in [3.05, 3.63) is 58.9 Å². The van der Waals surface area contributed by atoms with Gasteiger partial charge in [-0.2, -0.15) is 5.10 Å². The van der Waals surface area contributed by atoms with Gasteiger partial charge in [0.15, 0.2) is 5.11 Å². The van der Waals surface area contributed by atoms with Crippen LogP contribution in [0.4, 0.5) is 5.69 Å². The standard InChI is InChI=1S/C22H25N5O2S/c28-21-19-8-2-1-7-18(19)20(25-26-21)16-5-3-6-17(15-16)24-22(30)23-9-4-10-27-11-13-29-14-12-27/h1-3,5-8,15H,4,9-14H2,(H,26,28)(H2,23,24,30). The zero-order valence-electron chi connectivity index (χ0n) is 16.7. The Morgan fingerprint density at radius 2 is 1.93 bits per heavy atom. The lowest BCUT2D eigenvalue weighted by Gasteiger charge is -2.26. The normalized spacial score (nSPS) is 14.5. The first-order chi connectivity index (χ1) is 14.7. The van der Waals surface area contributed by atoms with E-state index >= 15 is 0 Å². The molecule has 30 heavy (non-hydrogen) atoms. The molecule has 0 atom stereocenters. The third kappa shape index (κ3) is 5.02. The van der Waals surface area contributed by atoms with Crippen molar-refractivity contribution in [2.75, 3.05) is 44.7 Å². The SMILES string of the molecule is O=c1[nH]nc(-c2cccc(NC(=S)NCCCN3CCOCC3)c2)c2ccccc12. The summed E-state index contributed by atoms with van der Waals surface area (Å²) in [6.07, 6.45) is 1.02. The van der Waals surface area contributed by atoms with Gasteiger partial charge in [-0.1, -0.05) is 30.3 Å². The summed E-state index contributed by atoms with van der Waals surface area (Å²) < 4.78 is 5.37. The van der Waals surface area contributed by atoms with E-state index in [1.165, 1.54) is 0 Å². The Bertz CT molecular complexity index is 1080. The average Bonchev–Trinajstić information content (AvgIpc) is 2.78. The summed E-state index contributed by atoms with van der Waals surface area (Å²) in [5.74, 6) is 0. The van der Waals surface area contributed by atoms with Crippen molar-refractivity contribution in [1.82, 2.24) is 20.4 Å². The van der Waals surface area contributed by atoms with Gasteiger partial charge in [-0.15, -0.1) is 0 Å². The minimum atomic E-state index is -0.189. The largest absolute Gasteiger partial charge is 0.379 e. The molecular formula is C22H25N5O2S. The van der Waals surface area contributed by atoms with E-state index in [4.69, 9.17) is 17.0 Å². The molecule has 1 aliphatic rings. The molecule has 3 aromatic rings. The van der Waals surface area contributed by atoms with E-state index in [1.54, 1.807) is 6.07 Å². The molecule has 1 aliphatic heterocycles. The number of anilines is 1. The van der Waals surface area contributed by atoms with Gasteiger partial charge in [0.2, 0.25) is 0 Å². The van der Waals surface area contributed by atoms with Crippen LogP contribution in [0, 0.1) is 0 Å². The topological polar surface area (TPSA) is 82.3 Å². The molecule has 156 valence electrons. The predicted molar refractivity (Wildman–Crippen MR) is 124 cm³/mol. The van der Waals surface area contributed by atoms with Gasteiger partial charge in [-0.25, -0.2) is 5.10 Å². The Hall–Kier alpha value is -2.81. The Balaban J connectivity index is 1.37. The second-order valence-electron chi connectivity index (χ2n) is 7.22. The maximum Gasteiger partial charge on any atom is 0.272 e. The Morgan fingerprint density at radius 1 is 1.13 bits per heavy atom. The molecule has 2 aromatic carbocycles. The summed E-state index contributed by atoms with van der Waals surface area (Å²) >= 11 is 5.44. The van der Waals surface area contributed by atoms with E-state index in [9.17, 15) is 4.79 Å². The molecule has 4 rings (SSSR count). The minimum absolute atomic E-state index is 0.189. The highest BCUT2D eigenvalue weighted by molar-refractivity contribution is 7.80. The molecule has 8 heteroatoms. The summed E-state index contributed by atoms with van der Waals surface area (Å²) in [6.45, 7) is 5.51. The van der Waals surface area contributed by atoms with Crippen molar-refractivity contribution in [3.63, 3.8) is 0 Å². The van der Waals surface area contributed by atoms with E-state index in [0.29, 0.717) is 10.5 Å². The number of aromatic amines is 1. The van der Waals surface area contributed by atoms with E-state index in [2.05, 4.69) is 25.7 Å². The van der Waals surface area contributed by atoms with Crippen molar-refractivity contribution in [1.29, 1.82) is 0 Å². The number of nitrogens with zero attached hydrogens (tertiary/aromatic N) is 2. The molecule has 7 nitrogen and oxygen atoms in total. The highest BCUT2D eigenvalue weighted by Gasteiger charge is 2.10. The van der Waals surface area contributed by atoms with Gasteiger partial charge < -0.3 is 15.4 Å². The summed E-state index contributed by atoms with van der Waals surface area (Å²) in [5, 5.41) is 15.4. The second kappa shape index (κ2) is 9.80. The average molecular weight is 424 g/mol. The number of benzene rings is 2. The lowest BCUT2D eigenvalue weighted by molar-refractivity contribution is 0.0376. The molecule has 1 aromatic heterocycles. The smallest absolute Gasteiger partial charge is 0.272 e. The number of aromatic nitrogens is 2. The fourth-order valence-electron chi connectivity index (χ4n) is 3.58. The molecule has 0 bridgehead atoms. The van der Waals surface area contributed by atoms with Crippen LogP contribution in [0.25, 0.3) is 22.0 Å². The molecule has 1 saturated heterocycles.